The van der Waals surface area contributed by atoms with Gasteiger partial charge in [0.25, 0.3) is 0 Å². The molecule has 0 amide bonds. The predicted octanol–water partition coefficient (Wildman–Crippen LogP) is 2.39. The van der Waals surface area contributed by atoms with Gasteiger partial charge >= 0.3 is 12.1 Å². The number of alkyl halides is 3. The van der Waals surface area contributed by atoms with Gasteiger partial charge in [-0.05, 0) is 25.0 Å². The molecule has 21 heavy (non-hydrogen) atoms. The van der Waals surface area contributed by atoms with E-state index in [4.69, 9.17) is 15.6 Å². The molecule has 8 heteroatoms. The Kier molecular flexibility index (Phi) is 5.95. The molecule has 118 valence electrons. The molecule has 1 heterocycles. The van der Waals surface area contributed by atoms with Gasteiger partial charge in [0.15, 0.2) is 0 Å². The number of para-hydroxylation sites is 1. The quantitative estimate of drug-likeness (QED) is 0.782. The number of nitrogens with zero attached hydrogens (tertiary/aromatic N) is 1. The summed E-state index contributed by atoms with van der Waals surface area (Å²) in [4.78, 5) is 11.0. The topological polar surface area (TPSA) is 66.6 Å². The van der Waals surface area contributed by atoms with Gasteiger partial charge in [-0.15, -0.1) is 0 Å². The number of carbonyl (C=O) groups is 1. The Morgan fingerprint density at radius 3 is 2.14 bits per heavy atom. The first-order chi connectivity index (χ1) is 9.71. The monoisotopic (exact) mass is 308 g/mol. The van der Waals surface area contributed by atoms with Crippen molar-refractivity contribution in [2.24, 2.45) is 5.73 Å². The third-order valence-electron chi connectivity index (χ3n) is 2.98. The van der Waals surface area contributed by atoms with Crippen molar-refractivity contribution < 1.29 is 27.5 Å². The summed E-state index contributed by atoms with van der Waals surface area (Å²) >= 11 is 0. The second-order valence-electron chi connectivity index (χ2n) is 4.58. The molecule has 0 spiro atoms. The lowest BCUT2D eigenvalue weighted by atomic mass is 10.1. The summed E-state index contributed by atoms with van der Waals surface area (Å²) in [6.07, 6.45) is -3.18. The van der Waals surface area contributed by atoms with Gasteiger partial charge in [0.05, 0.1) is 5.69 Å². The third kappa shape index (κ3) is 5.58. The molecule has 1 saturated heterocycles. The first-order valence-corrected chi connectivity index (χ1v) is 6.27. The zero-order valence-corrected chi connectivity index (χ0v) is 11.1. The van der Waals surface area contributed by atoms with Crippen molar-refractivity contribution in [3.05, 3.63) is 30.1 Å². The molecule has 1 aromatic carbocycles. The van der Waals surface area contributed by atoms with Crippen LogP contribution in [0.1, 0.15) is 12.8 Å². The van der Waals surface area contributed by atoms with E-state index in [1.807, 2.05) is 12.1 Å². The maximum Gasteiger partial charge on any atom is 0.490 e. The highest BCUT2D eigenvalue weighted by Crippen LogP contribution is 2.22. The molecule has 0 saturated carbocycles. The smallest absolute Gasteiger partial charge is 0.475 e. The second-order valence-corrected chi connectivity index (χ2v) is 4.58. The lowest BCUT2D eigenvalue weighted by Crippen LogP contribution is -2.40. The lowest BCUT2D eigenvalue weighted by Gasteiger charge is -2.32. The summed E-state index contributed by atoms with van der Waals surface area (Å²) < 4.78 is 45.1. The number of hydrogen-bond donors (Lipinski definition) is 2. The Bertz CT molecular complexity index is 471. The Hall–Kier alpha value is -1.83. The van der Waals surface area contributed by atoms with Crippen LogP contribution < -0.4 is 10.6 Å². The van der Waals surface area contributed by atoms with Crippen LogP contribution in [-0.2, 0) is 4.79 Å². The number of halogens is 4. The van der Waals surface area contributed by atoms with E-state index in [2.05, 4.69) is 4.90 Å². The van der Waals surface area contributed by atoms with Crippen molar-refractivity contribution in [3.63, 3.8) is 0 Å². The number of carboxylic acid groups (broad SMARTS) is 1. The van der Waals surface area contributed by atoms with Crippen LogP contribution >= 0.6 is 0 Å². The molecule has 0 radical (unpaired) electrons. The number of aliphatic carboxylic acids is 1. The van der Waals surface area contributed by atoms with Crippen molar-refractivity contribution in [2.45, 2.75) is 25.1 Å². The van der Waals surface area contributed by atoms with E-state index >= 15 is 0 Å². The van der Waals surface area contributed by atoms with Crippen LogP contribution in [0.15, 0.2) is 24.3 Å². The van der Waals surface area contributed by atoms with Crippen molar-refractivity contribution in [3.8, 4) is 0 Å². The highest BCUT2D eigenvalue weighted by atomic mass is 19.4. The van der Waals surface area contributed by atoms with Crippen molar-refractivity contribution >= 4 is 11.7 Å². The normalized spacial score (nSPS) is 16.1. The largest absolute Gasteiger partial charge is 0.490 e. The first-order valence-electron chi connectivity index (χ1n) is 6.27. The molecule has 0 aromatic heterocycles. The standard InChI is InChI=1S/C11H15FN2.C2HF3O2/c12-10-3-1-2-4-11(10)14-7-5-9(13)6-8-14;3-2(4,5)1(6)7/h1-4,9H,5-8,13H2;(H,6,7). The number of anilines is 1. The zero-order valence-electron chi connectivity index (χ0n) is 11.1. The predicted molar refractivity (Wildman–Crippen MR) is 69.5 cm³/mol. The van der Waals surface area contributed by atoms with Crippen LogP contribution in [0, 0.1) is 5.82 Å². The fraction of sp³-hybridized carbons (Fsp3) is 0.462. The summed E-state index contributed by atoms with van der Waals surface area (Å²) in [5.41, 5.74) is 6.50. The molecule has 1 aromatic rings. The number of hydrogen-bond acceptors (Lipinski definition) is 3. The van der Waals surface area contributed by atoms with E-state index in [1.54, 1.807) is 6.07 Å². The van der Waals surface area contributed by atoms with Crippen molar-refractivity contribution in [2.75, 3.05) is 18.0 Å². The highest BCUT2D eigenvalue weighted by molar-refractivity contribution is 5.73. The number of rotatable bonds is 1. The minimum absolute atomic E-state index is 0.136. The summed E-state index contributed by atoms with van der Waals surface area (Å²) in [5.74, 6) is -2.89. The van der Waals surface area contributed by atoms with Crippen molar-refractivity contribution in [1.82, 2.24) is 0 Å². The number of benzene rings is 1. The van der Waals surface area contributed by atoms with Crippen LogP contribution in [0.2, 0.25) is 0 Å². The molecule has 2 rings (SSSR count). The average molecular weight is 308 g/mol. The Morgan fingerprint density at radius 2 is 1.71 bits per heavy atom. The van der Waals surface area contributed by atoms with Crippen LogP contribution in [0.5, 0.6) is 0 Å². The van der Waals surface area contributed by atoms with Gasteiger partial charge in [-0.25, -0.2) is 9.18 Å². The molecule has 1 aliphatic heterocycles. The maximum absolute atomic E-state index is 13.4. The summed E-state index contributed by atoms with van der Waals surface area (Å²) in [5, 5.41) is 7.12. The molecule has 0 aliphatic carbocycles. The molecule has 0 unspecified atom stereocenters. The lowest BCUT2D eigenvalue weighted by molar-refractivity contribution is -0.192. The van der Waals surface area contributed by atoms with E-state index < -0.39 is 12.1 Å². The molecule has 1 aliphatic rings. The number of carboxylic acids is 1. The maximum atomic E-state index is 13.4. The van der Waals surface area contributed by atoms with Gasteiger partial charge in [0.2, 0.25) is 0 Å². The van der Waals surface area contributed by atoms with Gasteiger partial charge in [-0.1, -0.05) is 12.1 Å². The Labute approximate surface area is 119 Å². The van der Waals surface area contributed by atoms with E-state index in [0.717, 1.165) is 25.9 Å². The fourth-order valence-electron chi connectivity index (χ4n) is 1.85. The molecular weight excluding hydrogens is 292 g/mol. The third-order valence-corrected chi connectivity index (χ3v) is 2.98. The summed E-state index contributed by atoms with van der Waals surface area (Å²) in [6.45, 7) is 1.73. The number of nitrogens with two attached hydrogens (primary N) is 1. The molecule has 4 nitrogen and oxygen atoms in total. The fourth-order valence-corrected chi connectivity index (χ4v) is 1.85. The highest BCUT2D eigenvalue weighted by Gasteiger charge is 2.38. The molecule has 0 atom stereocenters. The summed E-state index contributed by atoms with van der Waals surface area (Å²) in [6, 6.07) is 7.20. The average Bonchev–Trinajstić information content (AvgIpc) is 2.40. The van der Waals surface area contributed by atoms with Gasteiger partial charge < -0.3 is 15.7 Å². The molecule has 3 N–H and O–H groups in total. The van der Waals surface area contributed by atoms with Crippen molar-refractivity contribution in [1.29, 1.82) is 0 Å². The summed E-state index contributed by atoms with van der Waals surface area (Å²) in [7, 11) is 0. The van der Waals surface area contributed by atoms with Gasteiger partial charge in [-0.2, -0.15) is 13.2 Å². The Balaban J connectivity index is 0.000000270. The van der Waals surface area contributed by atoms with Gasteiger partial charge in [0.1, 0.15) is 5.82 Å². The minimum Gasteiger partial charge on any atom is -0.475 e. The number of piperidine rings is 1. The Morgan fingerprint density at radius 1 is 1.24 bits per heavy atom. The van der Waals surface area contributed by atoms with Crippen LogP contribution in [0.4, 0.5) is 23.2 Å². The van der Waals surface area contributed by atoms with E-state index in [1.165, 1.54) is 6.07 Å². The van der Waals surface area contributed by atoms with E-state index in [0.29, 0.717) is 5.69 Å². The molecular formula is C13H16F4N2O2. The molecule has 0 bridgehead atoms. The first kappa shape index (κ1) is 17.2. The minimum atomic E-state index is -5.08. The van der Waals surface area contributed by atoms with Crippen LogP contribution in [-0.4, -0.2) is 36.4 Å². The van der Waals surface area contributed by atoms with Gasteiger partial charge in [0, 0.05) is 19.1 Å². The SMILES string of the molecule is NC1CCN(c2ccccc2F)CC1.O=C(O)C(F)(F)F. The van der Waals surface area contributed by atoms with Crippen LogP contribution in [0.3, 0.4) is 0 Å². The van der Waals surface area contributed by atoms with E-state index in [9.17, 15) is 17.6 Å². The zero-order chi connectivity index (χ0) is 16.0. The second kappa shape index (κ2) is 7.26. The van der Waals surface area contributed by atoms with Crippen LogP contribution in [0.25, 0.3) is 0 Å². The van der Waals surface area contributed by atoms with Gasteiger partial charge in [-0.3, -0.25) is 0 Å². The molecule has 1 fully saturated rings. The van der Waals surface area contributed by atoms with E-state index in [-0.39, 0.29) is 11.9 Å².